The summed E-state index contributed by atoms with van der Waals surface area (Å²) in [5, 5.41) is 0. The number of aryl methyl sites for hydroxylation is 2. The smallest absolute Gasteiger partial charge is 0.201 e. The molecule has 2 rings (SSSR count). The maximum absolute atomic E-state index is 13.3. The molecule has 0 N–H and O–H groups in total. The SMILES string of the molecule is Cc1cc(C(=O)COc2ccc(Br)c(F)c2)c(C)s1. The van der Waals surface area contributed by atoms with E-state index in [0.717, 1.165) is 9.75 Å². The van der Waals surface area contributed by atoms with E-state index in [9.17, 15) is 9.18 Å². The molecule has 2 aromatic rings. The number of ketones is 1. The number of thiophene rings is 1. The molecule has 0 aliphatic heterocycles. The standard InChI is InChI=1S/C14H12BrFO2S/c1-8-5-11(9(2)19-8)14(17)7-18-10-3-4-12(15)13(16)6-10/h3-6H,7H2,1-2H3. The van der Waals surface area contributed by atoms with Crippen molar-refractivity contribution in [1.82, 2.24) is 0 Å². The number of ether oxygens (including phenoxy) is 1. The van der Waals surface area contributed by atoms with Crippen LogP contribution >= 0.6 is 27.3 Å². The molecule has 0 aliphatic carbocycles. The molecule has 0 aliphatic rings. The number of hydrogen-bond donors (Lipinski definition) is 0. The van der Waals surface area contributed by atoms with Gasteiger partial charge in [0, 0.05) is 21.4 Å². The monoisotopic (exact) mass is 342 g/mol. The van der Waals surface area contributed by atoms with Gasteiger partial charge in [0.2, 0.25) is 5.78 Å². The lowest BCUT2D eigenvalue weighted by molar-refractivity contribution is 0.0921. The van der Waals surface area contributed by atoms with Crippen LogP contribution in [-0.2, 0) is 0 Å². The van der Waals surface area contributed by atoms with Crippen LogP contribution in [0.2, 0.25) is 0 Å². The zero-order valence-electron chi connectivity index (χ0n) is 10.5. The highest BCUT2D eigenvalue weighted by atomic mass is 79.9. The van der Waals surface area contributed by atoms with Gasteiger partial charge in [0.05, 0.1) is 4.47 Å². The summed E-state index contributed by atoms with van der Waals surface area (Å²) in [5.41, 5.74) is 0.681. The highest BCUT2D eigenvalue weighted by Gasteiger charge is 2.13. The average molecular weight is 343 g/mol. The minimum absolute atomic E-state index is 0.0852. The van der Waals surface area contributed by atoms with Gasteiger partial charge in [0.1, 0.15) is 11.6 Å². The van der Waals surface area contributed by atoms with Crippen LogP contribution < -0.4 is 4.74 Å². The lowest BCUT2D eigenvalue weighted by atomic mass is 10.2. The van der Waals surface area contributed by atoms with Crippen molar-refractivity contribution in [2.45, 2.75) is 13.8 Å². The first-order valence-corrected chi connectivity index (χ1v) is 7.26. The number of Topliss-reactive ketones (excluding diaryl/α,β-unsaturated/α-hetero) is 1. The van der Waals surface area contributed by atoms with Crippen LogP contribution in [0.1, 0.15) is 20.1 Å². The van der Waals surface area contributed by atoms with Crippen molar-refractivity contribution in [1.29, 1.82) is 0 Å². The van der Waals surface area contributed by atoms with Gasteiger partial charge >= 0.3 is 0 Å². The summed E-state index contributed by atoms with van der Waals surface area (Å²) in [6, 6.07) is 6.28. The summed E-state index contributed by atoms with van der Waals surface area (Å²) >= 11 is 4.64. The quantitative estimate of drug-likeness (QED) is 0.763. The second-order valence-corrected chi connectivity index (χ2v) is 6.43. The maximum atomic E-state index is 13.3. The predicted octanol–water partition coefficient (Wildman–Crippen LogP) is 4.53. The van der Waals surface area contributed by atoms with E-state index >= 15 is 0 Å². The first kappa shape index (κ1) is 14.2. The fraction of sp³-hybridized carbons (Fsp3) is 0.214. The molecule has 0 spiro atoms. The van der Waals surface area contributed by atoms with Gasteiger partial charge in [0.25, 0.3) is 0 Å². The highest BCUT2D eigenvalue weighted by molar-refractivity contribution is 9.10. The molecule has 0 saturated heterocycles. The van der Waals surface area contributed by atoms with E-state index in [1.54, 1.807) is 23.5 Å². The molecule has 1 aromatic heterocycles. The Morgan fingerprint density at radius 1 is 1.37 bits per heavy atom. The first-order valence-electron chi connectivity index (χ1n) is 5.65. The van der Waals surface area contributed by atoms with Gasteiger partial charge in [-0.25, -0.2) is 4.39 Å². The van der Waals surface area contributed by atoms with Crippen molar-refractivity contribution >= 4 is 33.0 Å². The number of halogens is 2. The van der Waals surface area contributed by atoms with Crippen molar-refractivity contribution in [3.05, 3.63) is 49.9 Å². The number of carbonyl (C=O) groups is 1. The third-order valence-corrected chi connectivity index (χ3v) is 4.21. The molecule has 0 fully saturated rings. The Morgan fingerprint density at radius 2 is 2.11 bits per heavy atom. The normalized spacial score (nSPS) is 10.5. The zero-order chi connectivity index (χ0) is 14.0. The summed E-state index contributed by atoms with van der Waals surface area (Å²) in [5.74, 6) is -0.156. The van der Waals surface area contributed by atoms with E-state index in [1.807, 2.05) is 19.9 Å². The molecule has 0 radical (unpaired) electrons. The number of hydrogen-bond acceptors (Lipinski definition) is 3. The fourth-order valence-electron chi connectivity index (χ4n) is 1.70. The molecule has 0 amide bonds. The molecule has 0 atom stereocenters. The Bertz CT molecular complexity index is 622. The Labute approximate surface area is 123 Å². The van der Waals surface area contributed by atoms with E-state index in [0.29, 0.717) is 15.8 Å². The van der Waals surface area contributed by atoms with E-state index in [-0.39, 0.29) is 12.4 Å². The second kappa shape index (κ2) is 5.84. The van der Waals surface area contributed by atoms with Crippen LogP contribution in [0.15, 0.2) is 28.7 Å². The first-order chi connectivity index (χ1) is 8.97. The summed E-state index contributed by atoms with van der Waals surface area (Å²) in [4.78, 5) is 14.1. The van der Waals surface area contributed by atoms with Crippen LogP contribution in [-0.4, -0.2) is 12.4 Å². The molecule has 1 aromatic carbocycles. The zero-order valence-corrected chi connectivity index (χ0v) is 12.9. The third-order valence-electron chi connectivity index (χ3n) is 2.60. The molecule has 0 saturated carbocycles. The molecular formula is C14H12BrFO2S. The van der Waals surface area contributed by atoms with E-state index < -0.39 is 5.82 Å². The molecule has 2 nitrogen and oxygen atoms in total. The third kappa shape index (κ3) is 3.42. The lowest BCUT2D eigenvalue weighted by Crippen LogP contribution is -2.11. The molecule has 5 heteroatoms. The van der Waals surface area contributed by atoms with Crippen molar-refractivity contribution in [3.8, 4) is 5.75 Å². The molecular weight excluding hydrogens is 331 g/mol. The second-order valence-electron chi connectivity index (χ2n) is 4.11. The molecule has 0 unspecified atom stereocenters. The number of carbonyl (C=O) groups excluding carboxylic acids is 1. The summed E-state index contributed by atoms with van der Waals surface area (Å²) in [7, 11) is 0. The van der Waals surface area contributed by atoms with Gasteiger partial charge in [-0.1, -0.05) is 0 Å². The lowest BCUT2D eigenvalue weighted by Gasteiger charge is -2.06. The largest absolute Gasteiger partial charge is 0.485 e. The fourth-order valence-corrected chi connectivity index (χ4v) is 2.89. The van der Waals surface area contributed by atoms with Crippen LogP contribution in [0.3, 0.4) is 0 Å². The van der Waals surface area contributed by atoms with Gasteiger partial charge in [0.15, 0.2) is 6.61 Å². The van der Waals surface area contributed by atoms with Gasteiger partial charge in [-0.05, 0) is 48.0 Å². The minimum atomic E-state index is -0.410. The Hall–Kier alpha value is -1.20. The van der Waals surface area contributed by atoms with Crippen LogP contribution in [0.25, 0.3) is 0 Å². The van der Waals surface area contributed by atoms with Crippen molar-refractivity contribution in [2.75, 3.05) is 6.61 Å². The summed E-state index contributed by atoms with van der Waals surface area (Å²) in [6.07, 6.45) is 0. The molecule has 0 bridgehead atoms. The van der Waals surface area contributed by atoms with Gasteiger partial charge in [-0.2, -0.15) is 0 Å². The van der Waals surface area contributed by atoms with Gasteiger partial charge < -0.3 is 4.74 Å². The van der Waals surface area contributed by atoms with Crippen molar-refractivity contribution in [2.24, 2.45) is 0 Å². The predicted molar refractivity (Wildman–Crippen MR) is 77.7 cm³/mol. The minimum Gasteiger partial charge on any atom is -0.485 e. The van der Waals surface area contributed by atoms with Crippen LogP contribution in [0.5, 0.6) is 5.75 Å². The Kier molecular flexibility index (Phi) is 4.37. The highest BCUT2D eigenvalue weighted by Crippen LogP contribution is 2.23. The molecule has 100 valence electrons. The van der Waals surface area contributed by atoms with Crippen molar-refractivity contribution < 1.29 is 13.9 Å². The Balaban J connectivity index is 2.04. The van der Waals surface area contributed by atoms with E-state index in [4.69, 9.17) is 4.74 Å². The van der Waals surface area contributed by atoms with Gasteiger partial charge in [-0.15, -0.1) is 11.3 Å². The molecule has 1 heterocycles. The van der Waals surface area contributed by atoms with Crippen LogP contribution in [0, 0.1) is 19.7 Å². The summed E-state index contributed by atoms with van der Waals surface area (Å²) < 4.78 is 19.0. The van der Waals surface area contributed by atoms with Gasteiger partial charge in [-0.3, -0.25) is 4.79 Å². The topological polar surface area (TPSA) is 26.3 Å². The van der Waals surface area contributed by atoms with Crippen molar-refractivity contribution in [3.63, 3.8) is 0 Å². The Morgan fingerprint density at radius 3 is 2.68 bits per heavy atom. The summed E-state index contributed by atoms with van der Waals surface area (Å²) in [6.45, 7) is 3.78. The number of benzene rings is 1. The maximum Gasteiger partial charge on any atom is 0.201 e. The van der Waals surface area contributed by atoms with Crippen LogP contribution in [0.4, 0.5) is 4.39 Å². The number of rotatable bonds is 4. The molecule has 19 heavy (non-hydrogen) atoms. The average Bonchev–Trinajstić information content (AvgIpc) is 2.70. The van der Waals surface area contributed by atoms with E-state index in [2.05, 4.69) is 15.9 Å². The van der Waals surface area contributed by atoms with E-state index in [1.165, 1.54) is 6.07 Å².